The molecule has 0 aromatic heterocycles. The molecular weight excluding hydrogens is 669 g/mol. The summed E-state index contributed by atoms with van der Waals surface area (Å²) in [5.74, 6) is 3.38. The van der Waals surface area contributed by atoms with E-state index in [1.54, 1.807) is 0 Å². The molecule has 0 spiro atoms. The van der Waals surface area contributed by atoms with Crippen molar-refractivity contribution in [2.24, 2.45) is 16.8 Å². The molecule has 0 bridgehead atoms. The molecule has 1 saturated carbocycles. The minimum atomic E-state index is -0.687. The van der Waals surface area contributed by atoms with Crippen LogP contribution in [0.5, 0.6) is 0 Å². The van der Waals surface area contributed by atoms with Crippen LogP contribution in [0.2, 0.25) is 0 Å². The van der Waals surface area contributed by atoms with E-state index in [1.807, 2.05) is 0 Å². The normalized spacial score (nSPS) is 26.3. The molecule has 4 aromatic carbocycles. The smallest absolute Gasteiger partial charge is 0.205 e. The molecule has 4 nitrogen and oxygen atoms in total. The van der Waals surface area contributed by atoms with Gasteiger partial charge < -0.3 is 15.1 Å². The fraction of sp³-hybridized carbons (Fsp3) is 0.235. The van der Waals surface area contributed by atoms with Crippen LogP contribution in [-0.2, 0) is 12.0 Å². The molecule has 3 aliphatic heterocycles. The van der Waals surface area contributed by atoms with Crippen molar-refractivity contribution in [1.29, 1.82) is 0 Å². The second kappa shape index (κ2) is 13.8. The molecule has 3 aliphatic carbocycles. The van der Waals surface area contributed by atoms with Gasteiger partial charge in [-0.15, -0.1) is 0 Å². The van der Waals surface area contributed by atoms with Crippen LogP contribution >= 0.6 is 0 Å². The molecule has 0 amide bonds. The van der Waals surface area contributed by atoms with Crippen molar-refractivity contribution in [1.82, 2.24) is 5.32 Å². The Hall–Kier alpha value is -5.87. The first-order chi connectivity index (χ1) is 27.1. The minimum Gasteiger partial charge on any atom is -0.312 e. The lowest BCUT2D eigenvalue weighted by atomic mass is 9.85. The molecule has 5 unspecified atom stereocenters. The van der Waals surface area contributed by atoms with Crippen LogP contribution in [-0.4, -0.2) is 12.0 Å². The van der Waals surface area contributed by atoms with Crippen molar-refractivity contribution in [2.75, 3.05) is 9.80 Å². The summed E-state index contributed by atoms with van der Waals surface area (Å²) in [5, 5.41) is 3.98. The zero-order chi connectivity index (χ0) is 36.9. The highest BCUT2D eigenvalue weighted by molar-refractivity contribution is 6.02. The van der Waals surface area contributed by atoms with E-state index in [0.29, 0.717) is 11.8 Å². The summed E-state index contributed by atoms with van der Waals surface area (Å²) in [4.78, 5) is 10.7. The van der Waals surface area contributed by atoms with Gasteiger partial charge in [-0.05, 0) is 139 Å². The van der Waals surface area contributed by atoms with Gasteiger partial charge in [-0.1, -0.05) is 121 Å². The van der Waals surface area contributed by atoms with Gasteiger partial charge in [-0.25, -0.2) is 4.99 Å². The van der Waals surface area contributed by atoms with Gasteiger partial charge >= 0.3 is 0 Å². The van der Waals surface area contributed by atoms with Crippen molar-refractivity contribution < 1.29 is 0 Å². The topological polar surface area (TPSA) is 30.9 Å². The van der Waals surface area contributed by atoms with E-state index in [-0.39, 0.29) is 12.0 Å². The Morgan fingerprint density at radius 1 is 0.836 bits per heavy atom. The number of nitrogens with zero attached hydrogens (tertiary/aromatic N) is 3. The van der Waals surface area contributed by atoms with Crippen molar-refractivity contribution in [3.05, 3.63) is 198 Å². The molecule has 10 rings (SSSR count). The number of fused-ring (bicyclic) bond motifs is 4. The zero-order valence-corrected chi connectivity index (χ0v) is 31.8. The first-order valence-corrected chi connectivity index (χ1v) is 20.2. The molecule has 1 fully saturated rings. The number of nitrogens with one attached hydrogen (secondary N) is 1. The quantitative estimate of drug-likeness (QED) is 0.202. The first-order valence-electron chi connectivity index (χ1n) is 20.2. The number of allylic oxidation sites excluding steroid dienone is 9. The number of hydrogen-bond donors (Lipinski definition) is 1. The van der Waals surface area contributed by atoms with E-state index in [1.165, 1.54) is 62.3 Å². The minimum absolute atomic E-state index is 0.125. The van der Waals surface area contributed by atoms with Crippen LogP contribution in [0.1, 0.15) is 67.7 Å². The van der Waals surface area contributed by atoms with Gasteiger partial charge in [-0.3, -0.25) is 0 Å². The molecule has 6 aliphatic rings. The van der Waals surface area contributed by atoms with Gasteiger partial charge in [0.1, 0.15) is 11.4 Å². The average Bonchev–Trinajstić information content (AvgIpc) is 3.99. The van der Waals surface area contributed by atoms with Crippen LogP contribution in [0.25, 0.3) is 16.7 Å². The number of aliphatic imine (C=N–C) groups is 1. The van der Waals surface area contributed by atoms with Crippen LogP contribution in [0.3, 0.4) is 0 Å². The lowest BCUT2D eigenvalue weighted by molar-refractivity contribution is 0.594. The fourth-order valence-electron chi connectivity index (χ4n) is 9.48. The Bertz CT molecular complexity index is 2400. The third-order valence-corrected chi connectivity index (χ3v) is 12.4. The molecule has 1 N–H and O–H groups in total. The Labute approximate surface area is 326 Å². The lowest BCUT2D eigenvalue weighted by Gasteiger charge is -2.40. The van der Waals surface area contributed by atoms with E-state index in [9.17, 15) is 0 Å². The Kier molecular flexibility index (Phi) is 8.43. The van der Waals surface area contributed by atoms with E-state index >= 15 is 0 Å². The van der Waals surface area contributed by atoms with Gasteiger partial charge in [0, 0.05) is 17.8 Å². The largest absolute Gasteiger partial charge is 0.312 e. The molecular formula is C51H48N4. The lowest BCUT2D eigenvalue weighted by Crippen LogP contribution is -2.51. The molecule has 4 aromatic rings. The number of guanidine groups is 1. The van der Waals surface area contributed by atoms with E-state index in [4.69, 9.17) is 4.99 Å². The molecule has 272 valence electrons. The van der Waals surface area contributed by atoms with Crippen LogP contribution in [0, 0.1) is 11.8 Å². The molecule has 5 atom stereocenters. The van der Waals surface area contributed by atoms with E-state index < -0.39 is 5.54 Å². The summed E-state index contributed by atoms with van der Waals surface area (Å²) in [6, 6.07) is 36.0. The van der Waals surface area contributed by atoms with Crippen LogP contribution in [0.15, 0.2) is 180 Å². The fourth-order valence-corrected chi connectivity index (χ4v) is 9.48. The summed E-state index contributed by atoms with van der Waals surface area (Å²) >= 11 is 0. The first kappa shape index (κ1) is 33.7. The van der Waals surface area contributed by atoms with Crippen molar-refractivity contribution >= 4 is 22.9 Å². The molecule has 55 heavy (non-hydrogen) atoms. The highest BCUT2D eigenvalue weighted by atomic mass is 15.4. The van der Waals surface area contributed by atoms with Gasteiger partial charge in [0.25, 0.3) is 0 Å². The summed E-state index contributed by atoms with van der Waals surface area (Å²) in [5.41, 5.74) is 12.3. The maximum Gasteiger partial charge on any atom is 0.205 e. The van der Waals surface area contributed by atoms with Gasteiger partial charge in [0.15, 0.2) is 0 Å². The molecule has 4 heteroatoms. The third kappa shape index (κ3) is 6.14. The summed E-state index contributed by atoms with van der Waals surface area (Å²) in [6.45, 7) is 4.45. The zero-order valence-electron chi connectivity index (χ0n) is 31.8. The maximum absolute atomic E-state index is 5.81. The number of benzene rings is 4. The van der Waals surface area contributed by atoms with Crippen molar-refractivity contribution in [3.63, 3.8) is 0 Å². The predicted octanol–water partition coefficient (Wildman–Crippen LogP) is 11.8. The van der Waals surface area contributed by atoms with Gasteiger partial charge in [-0.2, -0.15) is 0 Å². The monoisotopic (exact) mass is 716 g/mol. The third-order valence-electron chi connectivity index (χ3n) is 12.4. The second-order valence-electron chi connectivity index (χ2n) is 16.0. The number of para-hydroxylation sites is 2. The molecule has 0 saturated heterocycles. The Morgan fingerprint density at radius 2 is 1.64 bits per heavy atom. The highest BCUT2D eigenvalue weighted by Gasteiger charge is 2.44. The number of rotatable bonds is 6. The SMILES string of the molecule is C/C=C\C1CC1C1=CN(C2=CC(C)(c3cc(C4=CCC=CCC4)cc(-c4ccccc4)c3)N=C(N3c4ccccc4C4C=CC=CC43)N2)c2ccccc2C1. The summed E-state index contributed by atoms with van der Waals surface area (Å²) in [7, 11) is 0. The molecule has 3 heterocycles. The second-order valence-corrected chi connectivity index (χ2v) is 16.0. The number of anilines is 2. The summed E-state index contributed by atoms with van der Waals surface area (Å²) in [6.07, 6.45) is 30.8. The van der Waals surface area contributed by atoms with E-state index in [2.05, 4.69) is 193 Å². The molecule has 0 radical (unpaired) electrons. The number of hydrogen-bond acceptors (Lipinski definition) is 4. The van der Waals surface area contributed by atoms with Gasteiger partial charge in [0.05, 0.1) is 11.7 Å². The average molecular weight is 717 g/mol. The highest BCUT2D eigenvalue weighted by Crippen LogP contribution is 2.50. The van der Waals surface area contributed by atoms with Crippen LogP contribution in [0.4, 0.5) is 11.4 Å². The standard InChI is InChI=1S/C51H48N4/c1-3-17-37-32-45(37)41-28-38-22-11-14-25-46(38)54(34-41)49-33-51(2,53-50(52-49)55-47-26-15-12-23-43(47)44-24-13-16-27-48(44)55)42-30-39(35-18-7-4-5-8-19-35)29-40(31-42)36-20-9-6-10-21-36/h3-6,9-18,20-27,29-31,33-34,37,43,45,47H,7-8,19,28,32H2,1-2H3,(H,52,53)/b17-3-. The van der Waals surface area contributed by atoms with E-state index in [0.717, 1.165) is 37.5 Å². The van der Waals surface area contributed by atoms with Gasteiger partial charge in [0.2, 0.25) is 5.96 Å². The predicted molar refractivity (Wildman–Crippen MR) is 230 cm³/mol. The van der Waals surface area contributed by atoms with Crippen molar-refractivity contribution in [2.45, 2.75) is 63.5 Å². The van der Waals surface area contributed by atoms with Crippen molar-refractivity contribution in [3.8, 4) is 11.1 Å². The maximum atomic E-state index is 5.81. The Morgan fingerprint density at radius 3 is 2.53 bits per heavy atom. The Balaban J connectivity index is 1.17. The summed E-state index contributed by atoms with van der Waals surface area (Å²) < 4.78 is 0. The van der Waals surface area contributed by atoms with Crippen LogP contribution < -0.4 is 15.1 Å².